The van der Waals surface area contributed by atoms with Crippen molar-refractivity contribution in [2.24, 2.45) is 23.2 Å². The van der Waals surface area contributed by atoms with Crippen molar-refractivity contribution in [3.63, 3.8) is 0 Å². The van der Waals surface area contributed by atoms with Crippen LogP contribution in [0.3, 0.4) is 0 Å². The maximum atomic E-state index is 13.8. The van der Waals surface area contributed by atoms with Gasteiger partial charge in [-0.25, -0.2) is 4.79 Å². The predicted octanol–water partition coefficient (Wildman–Crippen LogP) is 3.56. The summed E-state index contributed by atoms with van der Waals surface area (Å²) in [4.78, 5) is 53.2. The molecule has 42 heavy (non-hydrogen) atoms. The van der Waals surface area contributed by atoms with Gasteiger partial charge in [0.2, 0.25) is 17.7 Å². The Morgan fingerprint density at radius 2 is 1.86 bits per heavy atom. The Bertz CT molecular complexity index is 978. The van der Waals surface area contributed by atoms with Gasteiger partial charge in [-0.2, -0.15) is 0 Å². The van der Waals surface area contributed by atoms with Crippen molar-refractivity contribution in [2.75, 3.05) is 25.4 Å². The second-order valence-electron chi connectivity index (χ2n) is 13.7. The Hall–Kier alpha value is -2.01. The molecule has 0 aromatic carbocycles. The number of likely N-dealkylation sites (tertiary alicyclic amines) is 1. The van der Waals surface area contributed by atoms with E-state index in [1.54, 1.807) is 6.92 Å². The molecule has 0 bridgehead atoms. The lowest BCUT2D eigenvalue weighted by atomic mass is 9.78. The number of nitrogens with one attached hydrogen (secondary N) is 3. The Labute approximate surface area is 255 Å². The van der Waals surface area contributed by atoms with Gasteiger partial charge in [0.1, 0.15) is 6.10 Å². The zero-order valence-electron chi connectivity index (χ0n) is 25.9. The quantitative estimate of drug-likeness (QED) is 0.282. The number of rotatable bonds is 11. The number of carbonyl (C=O) groups is 4. The first-order valence-electron chi connectivity index (χ1n) is 16.1. The minimum Gasteiger partial charge on any atom is -0.446 e. The molecule has 0 radical (unpaired) electrons. The summed E-state index contributed by atoms with van der Waals surface area (Å²) in [5, 5.41) is 19.0. The lowest BCUT2D eigenvalue weighted by molar-refractivity contribution is -0.134. The normalized spacial score (nSPS) is 31.3. The van der Waals surface area contributed by atoms with Crippen molar-refractivity contribution in [3.05, 3.63) is 0 Å². The highest BCUT2D eigenvalue weighted by Crippen LogP contribution is 2.49. The third kappa shape index (κ3) is 7.73. The van der Waals surface area contributed by atoms with Crippen molar-refractivity contribution in [3.8, 4) is 0 Å². The average molecular weight is 609 g/mol. The number of hydrogen-bond donors (Lipinski definition) is 4. The first-order chi connectivity index (χ1) is 20.0. The van der Waals surface area contributed by atoms with E-state index >= 15 is 0 Å². The summed E-state index contributed by atoms with van der Waals surface area (Å²) in [6.45, 7) is 8.86. The summed E-state index contributed by atoms with van der Waals surface area (Å²) in [5.41, 5.74) is -1.13. The maximum Gasteiger partial charge on any atom is 0.408 e. The van der Waals surface area contributed by atoms with Crippen molar-refractivity contribution in [1.29, 1.82) is 0 Å². The van der Waals surface area contributed by atoms with E-state index in [0.29, 0.717) is 50.9 Å². The van der Waals surface area contributed by atoms with Crippen molar-refractivity contribution in [1.82, 2.24) is 20.9 Å². The molecule has 10 nitrogen and oxygen atoms in total. The average Bonchev–Trinajstić information content (AvgIpc) is 3.24. The Morgan fingerprint density at radius 3 is 2.40 bits per heavy atom. The van der Waals surface area contributed by atoms with E-state index in [4.69, 9.17) is 4.74 Å². The molecule has 4 atom stereocenters. The predicted molar refractivity (Wildman–Crippen MR) is 163 cm³/mol. The van der Waals surface area contributed by atoms with E-state index < -0.39 is 22.9 Å². The smallest absolute Gasteiger partial charge is 0.408 e. The Kier molecular flexibility index (Phi) is 11.1. The Morgan fingerprint density at radius 1 is 1.17 bits per heavy atom. The van der Waals surface area contributed by atoms with Gasteiger partial charge in [-0.1, -0.05) is 33.6 Å². The van der Waals surface area contributed by atoms with Gasteiger partial charge in [-0.15, -0.1) is 11.8 Å². The molecule has 3 aliphatic heterocycles. The fraction of sp³-hybridized carbons (Fsp3) is 0.871. The zero-order valence-corrected chi connectivity index (χ0v) is 26.7. The molecule has 4 aliphatic rings. The maximum absolute atomic E-state index is 13.8. The largest absolute Gasteiger partial charge is 0.446 e. The molecular weight excluding hydrogens is 556 g/mol. The molecule has 3 saturated heterocycles. The van der Waals surface area contributed by atoms with E-state index in [-0.39, 0.29) is 47.8 Å². The van der Waals surface area contributed by atoms with E-state index in [1.165, 1.54) is 24.6 Å². The number of thioether (sulfide) groups is 1. The number of nitrogens with zero attached hydrogens (tertiary/aromatic N) is 1. The fourth-order valence-electron chi connectivity index (χ4n) is 7.56. The molecule has 1 saturated carbocycles. The third-order valence-corrected chi connectivity index (χ3v) is 11.5. The molecule has 11 heteroatoms. The summed E-state index contributed by atoms with van der Waals surface area (Å²) in [5.74, 6) is 1.00. The van der Waals surface area contributed by atoms with Crippen LogP contribution in [0.5, 0.6) is 0 Å². The van der Waals surface area contributed by atoms with Gasteiger partial charge in [0, 0.05) is 37.2 Å². The molecule has 4 N–H and O–H groups in total. The van der Waals surface area contributed by atoms with Gasteiger partial charge < -0.3 is 30.7 Å². The van der Waals surface area contributed by atoms with Gasteiger partial charge in [-0.3, -0.25) is 14.4 Å². The van der Waals surface area contributed by atoms with E-state index in [1.807, 2.05) is 4.90 Å². The first-order valence-corrected chi connectivity index (χ1v) is 17.1. The minimum absolute atomic E-state index is 0.0499. The highest BCUT2D eigenvalue weighted by molar-refractivity contribution is 8.01. The van der Waals surface area contributed by atoms with Crippen LogP contribution < -0.4 is 16.0 Å². The van der Waals surface area contributed by atoms with Crippen LogP contribution >= 0.6 is 11.8 Å². The van der Waals surface area contributed by atoms with Crippen LogP contribution in [0.4, 0.5) is 4.79 Å². The molecule has 1 aliphatic carbocycles. The molecule has 4 fully saturated rings. The Balaban J connectivity index is 1.32. The number of ether oxygens (including phenoxy) is 1. The molecule has 1 spiro atoms. The van der Waals surface area contributed by atoms with Crippen LogP contribution in [0.25, 0.3) is 0 Å². The highest BCUT2D eigenvalue weighted by Gasteiger charge is 2.55. The van der Waals surface area contributed by atoms with Crippen LogP contribution in [0.1, 0.15) is 98.3 Å². The number of carbonyl (C=O) groups excluding carboxylic acids is 4. The topological polar surface area (TPSA) is 137 Å². The van der Waals surface area contributed by atoms with Crippen molar-refractivity contribution < 1.29 is 29.0 Å². The third-order valence-electron chi connectivity index (χ3n) is 9.93. The van der Waals surface area contributed by atoms with E-state index in [9.17, 15) is 24.3 Å². The standard InChI is InChI=1S/C31H52N4O6S/c1-5-6-22-7-9-25(10-8-22)41-29(40)33-28-31(19-42-28,16-20(2)3)27(39)32-24(18-36)15-23-17-30(34-26(23)38)11-13-35(14-12-30)21(4)37/h20,22-25,28,36H,5-19H2,1-4H3,(H,32,39)(H,33,40)(H,34,38)/t22?,23?,24?,25?,28?,31-/m0/s1. The summed E-state index contributed by atoms with van der Waals surface area (Å²) < 4.78 is 5.78. The molecule has 3 unspecified atom stereocenters. The molecule has 3 heterocycles. The number of aliphatic hydroxyl groups is 1. The van der Waals surface area contributed by atoms with Crippen LogP contribution in [0.15, 0.2) is 0 Å². The molecule has 0 aromatic rings. The zero-order chi connectivity index (χ0) is 30.5. The lowest BCUT2D eigenvalue weighted by Crippen LogP contribution is -2.63. The molecule has 238 valence electrons. The van der Waals surface area contributed by atoms with Crippen LogP contribution in [0, 0.1) is 23.2 Å². The van der Waals surface area contributed by atoms with Gasteiger partial charge in [0.05, 0.1) is 23.4 Å². The second kappa shape index (κ2) is 14.2. The van der Waals surface area contributed by atoms with Crippen LogP contribution in [0.2, 0.25) is 0 Å². The molecule has 0 aromatic heterocycles. The summed E-state index contributed by atoms with van der Waals surface area (Å²) in [6.07, 6.45) is 8.81. The van der Waals surface area contributed by atoms with Gasteiger partial charge in [0.15, 0.2) is 0 Å². The summed E-state index contributed by atoms with van der Waals surface area (Å²) >= 11 is 1.54. The SMILES string of the molecule is CCCC1CCC(OC(=O)NC2SC[C@@]2(CC(C)C)C(=O)NC(CO)CC2CC3(CCN(C(C)=O)CC3)NC2=O)CC1. The number of amides is 4. The van der Waals surface area contributed by atoms with Crippen LogP contribution in [-0.4, -0.2) is 82.3 Å². The summed E-state index contributed by atoms with van der Waals surface area (Å²) in [7, 11) is 0. The molecule has 4 rings (SSSR count). The second-order valence-corrected chi connectivity index (χ2v) is 14.8. The highest BCUT2D eigenvalue weighted by atomic mass is 32.2. The molecule has 4 amide bonds. The number of aliphatic hydroxyl groups excluding tert-OH is 1. The van der Waals surface area contributed by atoms with Gasteiger partial charge in [0.25, 0.3) is 0 Å². The lowest BCUT2D eigenvalue weighted by Gasteiger charge is -2.48. The van der Waals surface area contributed by atoms with Gasteiger partial charge in [-0.05, 0) is 69.6 Å². The van der Waals surface area contributed by atoms with Crippen molar-refractivity contribution >= 4 is 35.6 Å². The monoisotopic (exact) mass is 608 g/mol. The van der Waals surface area contributed by atoms with E-state index in [0.717, 1.165) is 31.6 Å². The minimum atomic E-state index is -0.803. The first kappa shape index (κ1) is 32.9. The van der Waals surface area contributed by atoms with Crippen molar-refractivity contribution in [2.45, 2.75) is 121 Å². The fourth-order valence-corrected chi connectivity index (χ4v) is 8.93. The van der Waals surface area contributed by atoms with E-state index in [2.05, 4.69) is 36.7 Å². The summed E-state index contributed by atoms with van der Waals surface area (Å²) in [6, 6.07) is -0.568. The number of hydrogen-bond acceptors (Lipinski definition) is 7. The van der Waals surface area contributed by atoms with Gasteiger partial charge >= 0.3 is 6.09 Å². The number of alkyl carbamates (subject to hydrolysis) is 1. The molecular formula is C31H52N4O6S. The number of piperidine rings is 1. The van der Waals surface area contributed by atoms with Crippen LogP contribution in [-0.2, 0) is 19.1 Å².